The number of nitrogens with one attached hydrogen (secondary N) is 1. The van der Waals surface area contributed by atoms with E-state index >= 15 is 0 Å². The van der Waals surface area contributed by atoms with Crippen molar-refractivity contribution in [1.29, 1.82) is 0 Å². The van der Waals surface area contributed by atoms with Gasteiger partial charge in [0, 0.05) is 12.3 Å². The summed E-state index contributed by atoms with van der Waals surface area (Å²) >= 11 is 5.54. The molecule has 0 spiro atoms. The van der Waals surface area contributed by atoms with Crippen LogP contribution in [-0.4, -0.2) is 26.2 Å². The average Bonchev–Trinajstić information content (AvgIpc) is 2.85. The van der Waals surface area contributed by atoms with E-state index in [9.17, 15) is 0 Å². The van der Waals surface area contributed by atoms with Crippen LogP contribution in [0.1, 0.15) is 17.6 Å². The van der Waals surface area contributed by atoms with Crippen LogP contribution in [0.4, 0.5) is 6.01 Å². The molecule has 0 aliphatic carbocycles. The molecule has 0 unspecified atom stereocenters. The van der Waals surface area contributed by atoms with Gasteiger partial charge >= 0.3 is 6.01 Å². The minimum Gasteiger partial charge on any atom is -0.408 e. The number of aryl methyl sites for hydroxylation is 2. The van der Waals surface area contributed by atoms with E-state index in [2.05, 4.69) is 25.7 Å². The van der Waals surface area contributed by atoms with Crippen LogP contribution in [0.25, 0.3) is 0 Å². The molecule has 8 heteroatoms. The zero-order valence-electron chi connectivity index (χ0n) is 8.60. The van der Waals surface area contributed by atoms with Crippen molar-refractivity contribution in [3.63, 3.8) is 0 Å². The third kappa shape index (κ3) is 2.69. The van der Waals surface area contributed by atoms with Gasteiger partial charge in [-0.25, -0.2) is 0 Å². The quantitative estimate of drug-likeness (QED) is 0.788. The Morgan fingerprint density at radius 3 is 2.88 bits per heavy atom. The minimum absolute atomic E-state index is 0.316. The standard InChI is InChI=1S/C8H10ClN5O2/c1-5-11-7(16-14-5)4-10-8-13-12-6(15-8)2-3-9/h2-4H2,1H3,(H,10,13). The second-order valence-electron chi connectivity index (χ2n) is 3.03. The maximum Gasteiger partial charge on any atom is 0.315 e. The van der Waals surface area contributed by atoms with E-state index in [1.165, 1.54) is 0 Å². The number of rotatable bonds is 5. The molecule has 16 heavy (non-hydrogen) atoms. The number of halogens is 1. The first kappa shape index (κ1) is 10.9. The van der Waals surface area contributed by atoms with E-state index in [0.29, 0.717) is 42.5 Å². The smallest absolute Gasteiger partial charge is 0.315 e. The number of anilines is 1. The summed E-state index contributed by atoms with van der Waals surface area (Å²) in [7, 11) is 0. The van der Waals surface area contributed by atoms with Crippen LogP contribution in [-0.2, 0) is 13.0 Å². The Labute approximate surface area is 96.2 Å². The van der Waals surface area contributed by atoms with Gasteiger partial charge in [-0.3, -0.25) is 0 Å². The fraction of sp³-hybridized carbons (Fsp3) is 0.500. The summed E-state index contributed by atoms with van der Waals surface area (Å²) in [6.45, 7) is 2.10. The highest BCUT2D eigenvalue weighted by Gasteiger charge is 2.07. The summed E-state index contributed by atoms with van der Waals surface area (Å²) in [6.07, 6.45) is 0.551. The summed E-state index contributed by atoms with van der Waals surface area (Å²) < 4.78 is 10.2. The van der Waals surface area contributed by atoms with Gasteiger partial charge in [-0.15, -0.1) is 16.7 Å². The van der Waals surface area contributed by atoms with Crippen LogP contribution >= 0.6 is 11.6 Å². The van der Waals surface area contributed by atoms with E-state index in [0.717, 1.165) is 0 Å². The van der Waals surface area contributed by atoms with Crippen molar-refractivity contribution in [2.45, 2.75) is 19.9 Å². The molecule has 86 valence electrons. The van der Waals surface area contributed by atoms with E-state index in [1.54, 1.807) is 6.92 Å². The average molecular weight is 244 g/mol. The molecule has 2 aromatic rings. The molecule has 0 saturated heterocycles. The molecular weight excluding hydrogens is 234 g/mol. The van der Waals surface area contributed by atoms with E-state index in [-0.39, 0.29) is 0 Å². The van der Waals surface area contributed by atoms with Gasteiger partial charge in [0.05, 0.1) is 6.54 Å². The van der Waals surface area contributed by atoms with Crippen molar-refractivity contribution < 1.29 is 8.94 Å². The Kier molecular flexibility index (Phi) is 3.35. The predicted octanol–water partition coefficient (Wildman–Crippen LogP) is 1.15. The minimum atomic E-state index is 0.316. The van der Waals surface area contributed by atoms with Crippen molar-refractivity contribution in [2.24, 2.45) is 0 Å². The molecule has 0 atom stereocenters. The molecule has 0 aliphatic heterocycles. The third-order valence-corrected chi connectivity index (χ3v) is 1.92. The molecule has 0 aliphatic rings. The van der Waals surface area contributed by atoms with Gasteiger partial charge in [0.1, 0.15) is 0 Å². The van der Waals surface area contributed by atoms with E-state index in [4.69, 9.17) is 20.5 Å². The molecular formula is C8H10ClN5O2. The van der Waals surface area contributed by atoms with Crippen LogP contribution < -0.4 is 5.32 Å². The van der Waals surface area contributed by atoms with Gasteiger partial charge in [-0.1, -0.05) is 10.3 Å². The first-order valence-electron chi connectivity index (χ1n) is 4.69. The van der Waals surface area contributed by atoms with Gasteiger partial charge in [0.25, 0.3) is 0 Å². The number of nitrogens with zero attached hydrogens (tertiary/aromatic N) is 4. The lowest BCUT2D eigenvalue weighted by Crippen LogP contribution is -1.99. The monoisotopic (exact) mass is 243 g/mol. The van der Waals surface area contributed by atoms with Gasteiger partial charge in [-0.05, 0) is 6.92 Å². The second-order valence-corrected chi connectivity index (χ2v) is 3.41. The highest BCUT2D eigenvalue weighted by molar-refractivity contribution is 6.17. The van der Waals surface area contributed by atoms with Gasteiger partial charge in [0.15, 0.2) is 5.82 Å². The van der Waals surface area contributed by atoms with Gasteiger partial charge in [-0.2, -0.15) is 4.98 Å². The van der Waals surface area contributed by atoms with Crippen molar-refractivity contribution in [3.05, 3.63) is 17.6 Å². The van der Waals surface area contributed by atoms with Crippen molar-refractivity contribution in [3.8, 4) is 0 Å². The van der Waals surface area contributed by atoms with Gasteiger partial charge in [0.2, 0.25) is 11.8 Å². The highest BCUT2D eigenvalue weighted by Crippen LogP contribution is 2.08. The van der Waals surface area contributed by atoms with Crippen molar-refractivity contribution in [1.82, 2.24) is 20.3 Å². The molecule has 2 aromatic heterocycles. The normalized spacial score (nSPS) is 10.6. The molecule has 0 aromatic carbocycles. The number of aromatic nitrogens is 4. The molecule has 0 bridgehead atoms. The molecule has 0 radical (unpaired) electrons. The van der Waals surface area contributed by atoms with Crippen molar-refractivity contribution in [2.75, 3.05) is 11.2 Å². The van der Waals surface area contributed by atoms with Crippen LogP contribution in [0.2, 0.25) is 0 Å². The molecule has 1 N–H and O–H groups in total. The summed E-state index contributed by atoms with van der Waals surface area (Å²) in [5, 5.41) is 14.1. The van der Waals surface area contributed by atoms with E-state index < -0.39 is 0 Å². The first-order chi connectivity index (χ1) is 7.78. The Bertz CT molecular complexity index is 455. The Morgan fingerprint density at radius 2 is 2.19 bits per heavy atom. The molecule has 2 rings (SSSR count). The molecule has 0 amide bonds. The topological polar surface area (TPSA) is 89.9 Å². The Hall–Kier alpha value is -1.63. The zero-order valence-corrected chi connectivity index (χ0v) is 9.36. The predicted molar refractivity (Wildman–Crippen MR) is 55.1 cm³/mol. The van der Waals surface area contributed by atoms with Crippen LogP contribution in [0.3, 0.4) is 0 Å². The Balaban J connectivity index is 1.89. The summed E-state index contributed by atoms with van der Waals surface area (Å²) in [5.74, 6) is 2.00. The third-order valence-electron chi connectivity index (χ3n) is 1.74. The van der Waals surface area contributed by atoms with Crippen LogP contribution in [0, 0.1) is 6.92 Å². The maximum absolute atomic E-state index is 5.54. The summed E-state index contributed by atoms with van der Waals surface area (Å²) in [5.41, 5.74) is 0. The number of alkyl halides is 1. The van der Waals surface area contributed by atoms with E-state index in [1.807, 2.05) is 0 Å². The Morgan fingerprint density at radius 1 is 1.31 bits per heavy atom. The summed E-state index contributed by atoms with van der Waals surface area (Å²) in [4.78, 5) is 4.02. The fourth-order valence-electron chi connectivity index (χ4n) is 1.07. The van der Waals surface area contributed by atoms with Crippen molar-refractivity contribution >= 4 is 17.6 Å². The largest absolute Gasteiger partial charge is 0.408 e. The first-order valence-corrected chi connectivity index (χ1v) is 5.23. The summed E-state index contributed by atoms with van der Waals surface area (Å²) in [6, 6.07) is 0.316. The SMILES string of the molecule is Cc1noc(CNc2nnc(CCCl)o2)n1. The molecule has 7 nitrogen and oxygen atoms in total. The second kappa shape index (κ2) is 4.93. The maximum atomic E-state index is 5.54. The lowest BCUT2D eigenvalue weighted by Gasteiger charge is -1.94. The van der Waals surface area contributed by atoms with Crippen LogP contribution in [0.15, 0.2) is 8.94 Å². The number of hydrogen-bond acceptors (Lipinski definition) is 7. The molecule has 0 fully saturated rings. The lowest BCUT2D eigenvalue weighted by atomic mass is 10.5. The number of hydrogen-bond donors (Lipinski definition) is 1. The van der Waals surface area contributed by atoms with Crippen LogP contribution in [0.5, 0.6) is 0 Å². The molecule has 2 heterocycles. The zero-order chi connectivity index (χ0) is 11.4. The fourth-order valence-corrected chi connectivity index (χ4v) is 1.23. The van der Waals surface area contributed by atoms with Gasteiger partial charge < -0.3 is 14.3 Å². The lowest BCUT2D eigenvalue weighted by molar-refractivity contribution is 0.378. The molecule has 0 saturated carbocycles. The highest BCUT2D eigenvalue weighted by atomic mass is 35.5.